The summed E-state index contributed by atoms with van der Waals surface area (Å²) in [4.78, 5) is 2.41. The van der Waals surface area contributed by atoms with Crippen molar-refractivity contribution in [2.75, 3.05) is 13.6 Å². The highest BCUT2D eigenvalue weighted by Crippen LogP contribution is 2.22. The Labute approximate surface area is 110 Å². The fourth-order valence-corrected chi connectivity index (χ4v) is 2.71. The first kappa shape index (κ1) is 14.7. The van der Waals surface area contributed by atoms with E-state index in [1.807, 2.05) is 0 Å². The first-order chi connectivity index (χ1) is 8.12. The third-order valence-electron chi connectivity index (χ3n) is 3.68. The van der Waals surface area contributed by atoms with Crippen LogP contribution in [0.25, 0.3) is 0 Å². The normalized spacial score (nSPS) is 15.1. The molecular formula is C14H26N2S. The lowest BCUT2D eigenvalue weighted by Gasteiger charge is -2.38. The molecule has 1 heterocycles. The Morgan fingerprint density at radius 1 is 1.41 bits per heavy atom. The Hall–Kier alpha value is -0.380. The van der Waals surface area contributed by atoms with Gasteiger partial charge in [0.1, 0.15) is 0 Å². The van der Waals surface area contributed by atoms with Gasteiger partial charge < -0.3 is 5.73 Å². The van der Waals surface area contributed by atoms with E-state index in [-0.39, 0.29) is 5.54 Å². The van der Waals surface area contributed by atoms with Gasteiger partial charge in [0.25, 0.3) is 0 Å². The molecule has 2 N–H and O–H groups in total. The molecule has 0 aromatic carbocycles. The lowest BCUT2D eigenvalue weighted by molar-refractivity contribution is 0.123. The molecule has 0 saturated heterocycles. The largest absolute Gasteiger partial charge is 0.329 e. The van der Waals surface area contributed by atoms with Crippen LogP contribution in [0.4, 0.5) is 0 Å². The van der Waals surface area contributed by atoms with Gasteiger partial charge in [0.05, 0.1) is 0 Å². The molecule has 2 nitrogen and oxygen atoms in total. The number of likely N-dealkylation sites (N-methyl/N-ethyl adjacent to an activating group) is 1. The minimum Gasteiger partial charge on any atom is -0.329 e. The highest BCUT2D eigenvalue weighted by atomic mass is 32.1. The van der Waals surface area contributed by atoms with Crippen LogP contribution >= 0.6 is 11.3 Å². The number of hydrogen-bond donors (Lipinski definition) is 1. The number of nitrogens with zero attached hydrogens (tertiary/aromatic N) is 1. The predicted molar refractivity (Wildman–Crippen MR) is 77.4 cm³/mol. The Morgan fingerprint density at radius 2 is 2.18 bits per heavy atom. The van der Waals surface area contributed by atoms with Crippen LogP contribution in [0.1, 0.15) is 45.1 Å². The molecule has 1 unspecified atom stereocenters. The van der Waals surface area contributed by atoms with Gasteiger partial charge in [-0.3, -0.25) is 4.90 Å². The van der Waals surface area contributed by atoms with Crippen LogP contribution in [0.3, 0.4) is 0 Å². The van der Waals surface area contributed by atoms with E-state index in [9.17, 15) is 0 Å². The molecule has 1 rings (SSSR count). The van der Waals surface area contributed by atoms with Crippen LogP contribution in [0.5, 0.6) is 0 Å². The van der Waals surface area contributed by atoms with Crippen LogP contribution in [-0.4, -0.2) is 24.0 Å². The molecular weight excluding hydrogens is 228 g/mol. The maximum absolute atomic E-state index is 5.98. The summed E-state index contributed by atoms with van der Waals surface area (Å²) in [6, 6.07) is 2.20. The van der Waals surface area contributed by atoms with Gasteiger partial charge >= 0.3 is 0 Å². The Kier molecular flexibility index (Phi) is 6.17. The Balaban J connectivity index is 2.52. The molecule has 1 aromatic rings. The summed E-state index contributed by atoms with van der Waals surface area (Å²) in [6.07, 6.45) is 5.05. The van der Waals surface area contributed by atoms with E-state index >= 15 is 0 Å². The molecule has 1 atom stereocenters. The number of nitrogens with two attached hydrogens (primary N) is 1. The van der Waals surface area contributed by atoms with E-state index in [0.717, 1.165) is 13.1 Å². The summed E-state index contributed by atoms with van der Waals surface area (Å²) in [5.41, 5.74) is 7.51. The van der Waals surface area contributed by atoms with Crippen molar-refractivity contribution in [2.45, 2.75) is 51.6 Å². The summed E-state index contributed by atoms with van der Waals surface area (Å²) in [7, 11) is 2.19. The van der Waals surface area contributed by atoms with Gasteiger partial charge in [-0.15, -0.1) is 0 Å². The predicted octanol–water partition coefficient (Wildman–Crippen LogP) is 3.48. The smallest absolute Gasteiger partial charge is 0.0304 e. The SMILES string of the molecule is CCCCCC(C)(CN)N(C)Cc1ccsc1. The quantitative estimate of drug-likeness (QED) is 0.720. The van der Waals surface area contributed by atoms with Gasteiger partial charge in [-0.2, -0.15) is 11.3 Å². The van der Waals surface area contributed by atoms with E-state index in [1.54, 1.807) is 11.3 Å². The summed E-state index contributed by atoms with van der Waals surface area (Å²) in [6.45, 7) is 6.27. The van der Waals surface area contributed by atoms with Crippen LogP contribution < -0.4 is 5.73 Å². The first-order valence-electron chi connectivity index (χ1n) is 6.55. The number of unbranched alkanes of at least 4 members (excludes halogenated alkanes) is 2. The van der Waals surface area contributed by atoms with Crippen molar-refractivity contribution in [3.05, 3.63) is 22.4 Å². The van der Waals surface area contributed by atoms with Gasteiger partial charge in [-0.05, 0) is 42.8 Å². The highest BCUT2D eigenvalue weighted by Gasteiger charge is 2.26. The minimum atomic E-state index is 0.136. The molecule has 0 amide bonds. The zero-order valence-electron chi connectivity index (χ0n) is 11.4. The molecule has 0 radical (unpaired) electrons. The summed E-state index contributed by atoms with van der Waals surface area (Å²) >= 11 is 1.76. The zero-order chi connectivity index (χ0) is 12.7. The second-order valence-electron chi connectivity index (χ2n) is 5.15. The van der Waals surface area contributed by atoms with Crippen molar-refractivity contribution < 1.29 is 0 Å². The van der Waals surface area contributed by atoms with E-state index in [0.29, 0.717) is 0 Å². The molecule has 98 valence electrons. The standard InChI is InChI=1S/C14H26N2S/c1-4-5-6-8-14(2,12-15)16(3)10-13-7-9-17-11-13/h7,9,11H,4-6,8,10,12,15H2,1-3H3. The minimum absolute atomic E-state index is 0.136. The molecule has 0 spiro atoms. The molecule has 0 fully saturated rings. The van der Waals surface area contributed by atoms with E-state index in [4.69, 9.17) is 5.73 Å². The molecule has 0 aliphatic heterocycles. The lowest BCUT2D eigenvalue weighted by atomic mass is 9.92. The monoisotopic (exact) mass is 254 g/mol. The van der Waals surface area contributed by atoms with Crippen molar-refractivity contribution >= 4 is 11.3 Å². The van der Waals surface area contributed by atoms with E-state index < -0.39 is 0 Å². The van der Waals surface area contributed by atoms with Gasteiger partial charge in [0.15, 0.2) is 0 Å². The van der Waals surface area contributed by atoms with E-state index in [1.165, 1.54) is 31.2 Å². The van der Waals surface area contributed by atoms with Crippen molar-refractivity contribution in [1.82, 2.24) is 4.90 Å². The molecule has 0 aliphatic rings. The Morgan fingerprint density at radius 3 is 2.71 bits per heavy atom. The first-order valence-corrected chi connectivity index (χ1v) is 7.49. The molecule has 17 heavy (non-hydrogen) atoms. The van der Waals surface area contributed by atoms with Crippen molar-refractivity contribution in [1.29, 1.82) is 0 Å². The van der Waals surface area contributed by atoms with Gasteiger partial charge in [0.2, 0.25) is 0 Å². The molecule has 0 aliphatic carbocycles. The van der Waals surface area contributed by atoms with Gasteiger partial charge in [-0.25, -0.2) is 0 Å². The zero-order valence-corrected chi connectivity index (χ0v) is 12.2. The van der Waals surface area contributed by atoms with Crippen molar-refractivity contribution in [3.63, 3.8) is 0 Å². The van der Waals surface area contributed by atoms with Crippen LogP contribution in [-0.2, 0) is 6.54 Å². The second-order valence-corrected chi connectivity index (χ2v) is 5.93. The Bertz CT molecular complexity index is 297. The fourth-order valence-electron chi connectivity index (χ4n) is 2.05. The summed E-state index contributed by atoms with van der Waals surface area (Å²) in [5.74, 6) is 0. The third-order valence-corrected chi connectivity index (χ3v) is 4.41. The average molecular weight is 254 g/mol. The number of rotatable bonds is 8. The molecule has 0 saturated carbocycles. The highest BCUT2D eigenvalue weighted by molar-refractivity contribution is 7.07. The maximum atomic E-state index is 5.98. The number of hydrogen-bond acceptors (Lipinski definition) is 3. The fraction of sp³-hybridized carbons (Fsp3) is 0.714. The van der Waals surface area contributed by atoms with Crippen molar-refractivity contribution in [3.8, 4) is 0 Å². The van der Waals surface area contributed by atoms with Crippen LogP contribution in [0, 0.1) is 0 Å². The van der Waals surface area contributed by atoms with E-state index in [2.05, 4.69) is 42.6 Å². The van der Waals surface area contributed by atoms with Crippen molar-refractivity contribution in [2.24, 2.45) is 5.73 Å². The topological polar surface area (TPSA) is 29.3 Å². The molecule has 1 aromatic heterocycles. The summed E-state index contributed by atoms with van der Waals surface area (Å²) in [5, 5.41) is 4.36. The lowest BCUT2D eigenvalue weighted by Crippen LogP contribution is -2.49. The average Bonchev–Trinajstić information content (AvgIpc) is 2.82. The third kappa shape index (κ3) is 4.41. The number of thiophene rings is 1. The molecule has 3 heteroatoms. The van der Waals surface area contributed by atoms with Gasteiger partial charge in [-0.1, -0.05) is 26.2 Å². The molecule has 0 bridgehead atoms. The van der Waals surface area contributed by atoms with Crippen LogP contribution in [0.2, 0.25) is 0 Å². The van der Waals surface area contributed by atoms with Gasteiger partial charge in [0, 0.05) is 18.6 Å². The maximum Gasteiger partial charge on any atom is 0.0304 e. The second kappa shape index (κ2) is 7.14. The summed E-state index contributed by atoms with van der Waals surface area (Å²) < 4.78 is 0. The van der Waals surface area contributed by atoms with Crippen LogP contribution in [0.15, 0.2) is 16.8 Å².